The maximum absolute atomic E-state index is 5.88. The highest BCUT2D eigenvalue weighted by Gasteiger charge is 2.00. The van der Waals surface area contributed by atoms with Gasteiger partial charge in [0.15, 0.2) is 0 Å². The summed E-state index contributed by atoms with van der Waals surface area (Å²) in [5, 5.41) is 0. The molecule has 2 nitrogen and oxygen atoms in total. The van der Waals surface area contributed by atoms with Gasteiger partial charge in [-0.25, -0.2) is 0 Å². The van der Waals surface area contributed by atoms with E-state index in [9.17, 15) is 0 Å². The molecule has 0 aliphatic carbocycles. The van der Waals surface area contributed by atoms with E-state index in [2.05, 4.69) is 18.8 Å². The lowest BCUT2D eigenvalue weighted by atomic mass is 10.2. The fourth-order valence-corrected chi connectivity index (χ4v) is 1.40. The Labute approximate surface area is 85.9 Å². The van der Waals surface area contributed by atoms with Crippen molar-refractivity contribution in [3.63, 3.8) is 0 Å². The molecular weight excluding hydrogens is 172 g/mol. The Morgan fingerprint density at radius 2 is 2.00 bits per heavy atom. The first kappa shape index (κ1) is 10.8. The van der Waals surface area contributed by atoms with Crippen molar-refractivity contribution in [1.82, 2.24) is 0 Å². The molecule has 2 N–H and O–H groups in total. The zero-order chi connectivity index (χ0) is 10.4. The van der Waals surface area contributed by atoms with Crippen LogP contribution in [0, 0.1) is 0 Å². The molecule has 1 aromatic carbocycles. The Morgan fingerprint density at radius 1 is 1.36 bits per heavy atom. The first-order chi connectivity index (χ1) is 6.74. The first-order valence-electron chi connectivity index (χ1n) is 5.12. The summed E-state index contributed by atoms with van der Waals surface area (Å²) in [7, 11) is 0. The second kappa shape index (κ2) is 5.43. The molecule has 14 heavy (non-hydrogen) atoms. The van der Waals surface area contributed by atoms with Crippen LogP contribution in [0.3, 0.4) is 0 Å². The number of benzene rings is 1. The topological polar surface area (TPSA) is 38.4 Å². The number of nitrogens with two attached hydrogens (primary N) is 1. The van der Waals surface area contributed by atoms with Gasteiger partial charge < -0.3 is 5.73 Å². The van der Waals surface area contributed by atoms with Crippen molar-refractivity contribution in [2.24, 2.45) is 10.7 Å². The Balaban J connectivity index is 2.69. The summed E-state index contributed by atoms with van der Waals surface area (Å²) >= 11 is 0. The van der Waals surface area contributed by atoms with Gasteiger partial charge in [-0.1, -0.05) is 43.7 Å². The third kappa shape index (κ3) is 3.21. The van der Waals surface area contributed by atoms with E-state index in [4.69, 9.17) is 5.73 Å². The summed E-state index contributed by atoms with van der Waals surface area (Å²) in [6.45, 7) is 4.25. The van der Waals surface area contributed by atoms with Crippen molar-refractivity contribution in [2.75, 3.05) is 0 Å². The predicted octanol–water partition coefficient (Wildman–Crippen LogP) is 2.58. The largest absolute Gasteiger partial charge is 0.383 e. The van der Waals surface area contributed by atoms with E-state index >= 15 is 0 Å². The van der Waals surface area contributed by atoms with Gasteiger partial charge in [-0.2, -0.15) is 0 Å². The van der Waals surface area contributed by atoms with Crippen LogP contribution in [0.25, 0.3) is 0 Å². The van der Waals surface area contributed by atoms with E-state index in [-0.39, 0.29) is 0 Å². The van der Waals surface area contributed by atoms with E-state index in [1.165, 1.54) is 0 Å². The predicted molar refractivity (Wildman–Crippen MR) is 61.5 cm³/mol. The van der Waals surface area contributed by atoms with E-state index in [1.807, 2.05) is 30.3 Å². The number of amidine groups is 1. The van der Waals surface area contributed by atoms with Crippen LogP contribution in [-0.4, -0.2) is 11.9 Å². The summed E-state index contributed by atoms with van der Waals surface area (Å²) in [6.07, 6.45) is 2.24. The monoisotopic (exact) mass is 190 g/mol. The summed E-state index contributed by atoms with van der Waals surface area (Å²) in [6, 6.07) is 10.2. The van der Waals surface area contributed by atoms with Crippen LogP contribution < -0.4 is 5.73 Å². The Morgan fingerprint density at radius 3 is 2.57 bits per heavy atom. The van der Waals surface area contributed by atoms with Crippen LogP contribution in [0.15, 0.2) is 35.3 Å². The van der Waals surface area contributed by atoms with Gasteiger partial charge in [0.05, 0.1) is 0 Å². The second-order valence-corrected chi connectivity index (χ2v) is 3.52. The molecule has 0 amide bonds. The quantitative estimate of drug-likeness (QED) is 0.575. The van der Waals surface area contributed by atoms with Crippen LogP contribution in [0.2, 0.25) is 0 Å². The van der Waals surface area contributed by atoms with Gasteiger partial charge in [-0.3, -0.25) is 4.99 Å². The van der Waals surface area contributed by atoms with Gasteiger partial charge in [-0.15, -0.1) is 0 Å². The van der Waals surface area contributed by atoms with Crippen LogP contribution in [0.4, 0.5) is 0 Å². The number of nitrogens with zero attached hydrogens (tertiary/aromatic N) is 1. The Hall–Kier alpha value is -1.31. The summed E-state index contributed by atoms with van der Waals surface area (Å²) < 4.78 is 0. The molecule has 1 rings (SSSR count). The molecule has 1 atom stereocenters. The molecule has 0 aliphatic rings. The van der Waals surface area contributed by atoms with Gasteiger partial charge >= 0.3 is 0 Å². The van der Waals surface area contributed by atoms with Gasteiger partial charge in [0.2, 0.25) is 0 Å². The van der Waals surface area contributed by atoms with Crippen molar-refractivity contribution >= 4 is 5.84 Å². The van der Waals surface area contributed by atoms with Gasteiger partial charge in [-0.05, 0) is 13.3 Å². The van der Waals surface area contributed by atoms with E-state index in [1.54, 1.807) is 0 Å². The standard InChI is InChI=1S/C12H18N2/c1-3-7-10(2)14-12(13)11-8-5-4-6-9-11/h4-6,8-10H,3,7H2,1-2H3,(H2,13,14). The van der Waals surface area contributed by atoms with Crippen LogP contribution >= 0.6 is 0 Å². The van der Waals surface area contributed by atoms with Crippen molar-refractivity contribution < 1.29 is 0 Å². The minimum atomic E-state index is 0.320. The fourth-order valence-electron chi connectivity index (χ4n) is 1.40. The van der Waals surface area contributed by atoms with Crippen molar-refractivity contribution in [1.29, 1.82) is 0 Å². The Kier molecular flexibility index (Phi) is 4.17. The molecule has 1 unspecified atom stereocenters. The molecule has 1 aromatic rings. The third-order valence-corrected chi connectivity index (χ3v) is 2.14. The molecule has 0 radical (unpaired) electrons. The van der Waals surface area contributed by atoms with E-state index < -0.39 is 0 Å². The maximum atomic E-state index is 5.88. The minimum absolute atomic E-state index is 0.320. The zero-order valence-corrected chi connectivity index (χ0v) is 8.90. The average molecular weight is 190 g/mol. The maximum Gasteiger partial charge on any atom is 0.125 e. The highest BCUT2D eigenvalue weighted by atomic mass is 14.9. The molecule has 0 aromatic heterocycles. The number of rotatable bonds is 4. The minimum Gasteiger partial charge on any atom is -0.383 e. The first-order valence-corrected chi connectivity index (χ1v) is 5.12. The second-order valence-electron chi connectivity index (χ2n) is 3.52. The SMILES string of the molecule is CCCC(C)N=C(N)c1ccccc1. The third-order valence-electron chi connectivity index (χ3n) is 2.14. The molecular formula is C12H18N2. The van der Waals surface area contributed by atoms with Gasteiger partial charge in [0.1, 0.15) is 5.84 Å². The highest BCUT2D eigenvalue weighted by Crippen LogP contribution is 2.03. The molecule has 0 spiro atoms. The number of aliphatic imine (C=N–C) groups is 1. The smallest absolute Gasteiger partial charge is 0.125 e. The van der Waals surface area contributed by atoms with Crippen LogP contribution in [0.5, 0.6) is 0 Å². The molecule has 0 fully saturated rings. The van der Waals surface area contributed by atoms with Crippen LogP contribution in [0.1, 0.15) is 32.3 Å². The fraction of sp³-hybridized carbons (Fsp3) is 0.417. The van der Waals surface area contributed by atoms with E-state index in [0.717, 1.165) is 18.4 Å². The van der Waals surface area contributed by atoms with Gasteiger partial charge in [0.25, 0.3) is 0 Å². The lowest BCUT2D eigenvalue weighted by molar-refractivity contribution is 0.654. The number of hydrogen-bond donors (Lipinski definition) is 1. The zero-order valence-electron chi connectivity index (χ0n) is 8.90. The average Bonchev–Trinajstić information content (AvgIpc) is 2.19. The lowest BCUT2D eigenvalue weighted by Gasteiger charge is -2.06. The molecule has 76 valence electrons. The summed E-state index contributed by atoms with van der Waals surface area (Å²) in [4.78, 5) is 4.43. The molecule has 0 saturated carbocycles. The molecule has 2 heteroatoms. The normalized spacial score (nSPS) is 14.0. The molecule has 0 heterocycles. The highest BCUT2D eigenvalue weighted by molar-refractivity contribution is 5.97. The van der Waals surface area contributed by atoms with Gasteiger partial charge in [0, 0.05) is 11.6 Å². The van der Waals surface area contributed by atoms with Crippen molar-refractivity contribution in [3.8, 4) is 0 Å². The Bertz CT molecular complexity index is 290. The molecule has 0 aliphatic heterocycles. The number of hydrogen-bond acceptors (Lipinski definition) is 1. The van der Waals surface area contributed by atoms with Crippen molar-refractivity contribution in [2.45, 2.75) is 32.7 Å². The lowest BCUT2D eigenvalue weighted by Crippen LogP contribution is -2.16. The van der Waals surface area contributed by atoms with E-state index in [0.29, 0.717) is 11.9 Å². The van der Waals surface area contributed by atoms with Crippen LogP contribution in [-0.2, 0) is 0 Å². The molecule has 0 saturated heterocycles. The summed E-state index contributed by atoms with van der Waals surface area (Å²) in [5.74, 6) is 0.645. The summed E-state index contributed by atoms with van der Waals surface area (Å²) in [5.41, 5.74) is 6.89. The molecule has 0 bridgehead atoms. The van der Waals surface area contributed by atoms with Crippen molar-refractivity contribution in [3.05, 3.63) is 35.9 Å².